The number of Topliss-reactive ketones (excluding diaryl/α,β-unsaturated/α-hetero) is 1. The van der Waals surface area contributed by atoms with Gasteiger partial charge < -0.3 is 14.8 Å². The molecule has 0 aliphatic carbocycles. The highest BCUT2D eigenvalue weighted by atomic mass is 16.5. The Morgan fingerprint density at radius 2 is 1.50 bits per heavy atom. The standard InChI is InChI=1S/C20H23NO5/c1-5-25-19(23)15-12(3)21-18(13(4)22)17(20(24)26-6-2)16(15)14-10-8-7-9-11-14/h7-11,16,21H,5-6H2,1-4H3. The molecule has 1 N–H and O–H groups in total. The number of esters is 2. The highest BCUT2D eigenvalue weighted by Crippen LogP contribution is 2.39. The van der Waals surface area contributed by atoms with Crippen molar-refractivity contribution in [3.05, 3.63) is 58.4 Å². The van der Waals surface area contributed by atoms with Gasteiger partial charge >= 0.3 is 11.9 Å². The molecule has 0 radical (unpaired) electrons. The molecule has 138 valence electrons. The minimum absolute atomic E-state index is 0.124. The first kappa shape index (κ1) is 19.4. The van der Waals surface area contributed by atoms with E-state index in [1.165, 1.54) is 6.92 Å². The summed E-state index contributed by atoms with van der Waals surface area (Å²) in [5, 5.41) is 2.90. The number of carbonyl (C=O) groups is 3. The van der Waals surface area contributed by atoms with Crippen molar-refractivity contribution in [2.24, 2.45) is 0 Å². The van der Waals surface area contributed by atoms with Crippen molar-refractivity contribution in [3.8, 4) is 0 Å². The molecule has 1 heterocycles. The first-order valence-corrected chi connectivity index (χ1v) is 8.54. The molecule has 0 amide bonds. The molecule has 2 rings (SSSR count). The molecule has 0 fully saturated rings. The average Bonchev–Trinajstić information content (AvgIpc) is 2.61. The van der Waals surface area contributed by atoms with E-state index in [1.807, 2.05) is 18.2 Å². The lowest BCUT2D eigenvalue weighted by molar-refractivity contribution is -0.140. The van der Waals surface area contributed by atoms with Crippen molar-refractivity contribution in [2.45, 2.75) is 33.6 Å². The number of nitrogens with one attached hydrogen (secondary N) is 1. The molecule has 1 unspecified atom stereocenters. The number of ether oxygens (including phenoxy) is 2. The molecule has 26 heavy (non-hydrogen) atoms. The summed E-state index contributed by atoms with van der Waals surface area (Å²) in [5.41, 5.74) is 1.75. The first-order valence-electron chi connectivity index (χ1n) is 8.54. The maximum absolute atomic E-state index is 12.7. The fourth-order valence-corrected chi connectivity index (χ4v) is 2.99. The van der Waals surface area contributed by atoms with Gasteiger partial charge in [-0.2, -0.15) is 0 Å². The summed E-state index contributed by atoms with van der Waals surface area (Å²) in [6, 6.07) is 9.07. The van der Waals surface area contributed by atoms with Crippen LogP contribution in [0, 0.1) is 0 Å². The lowest BCUT2D eigenvalue weighted by Gasteiger charge is -2.30. The molecule has 6 nitrogen and oxygen atoms in total. The monoisotopic (exact) mass is 357 g/mol. The lowest BCUT2D eigenvalue weighted by Crippen LogP contribution is -2.35. The van der Waals surface area contributed by atoms with Gasteiger partial charge in [0.15, 0.2) is 5.78 Å². The summed E-state index contributed by atoms with van der Waals surface area (Å²) >= 11 is 0. The predicted octanol–water partition coefficient (Wildman–Crippen LogP) is 2.62. The number of dihydropyridines is 1. The second-order valence-corrected chi connectivity index (χ2v) is 5.79. The molecule has 1 aromatic carbocycles. The summed E-state index contributed by atoms with van der Waals surface area (Å²) in [7, 11) is 0. The number of allylic oxidation sites excluding steroid dienone is 2. The van der Waals surface area contributed by atoms with Crippen LogP contribution in [0.3, 0.4) is 0 Å². The second-order valence-electron chi connectivity index (χ2n) is 5.79. The van der Waals surface area contributed by atoms with Gasteiger partial charge in [-0.3, -0.25) is 4.79 Å². The Bertz CT molecular complexity index is 777. The largest absolute Gasteiger partial charge is 0.463 e. The van der Waals surface area contributed by atoms with Crippen molar-refractivity contribution in [2.75, 3.05) is 13.2 Å². The molecule has 0 saturated carbocycles. The van der Waals surface area contributed by atoms with Crippen LogP contribution in [0.25, 0.3) is 0 Å². The van der Waals surface area contributed by atoms with Gasteiger partial charge in [-0.15, -0.1) is 0 Å². The molecule has 1 aromatic rings. The number of benzene rings is 1. The zero-order valence-electron chi connectivity index (χ0n) is 15.4. The maximum atomic E-state index is 12.7. The topological polar surface area (TPSA) is 81.7 Å². The van der Waals surface area contributed by atoms with Crippen LogP contribution in [0.4, 0.5) is 0 Å². The Morgan fingerprint density at radius 1 is 0.962 bits per heavy atom. The molecule has 0 aromatic heterocycles. The van der Waals surface area contributed by atoms with Gasteiger partial charge in [-0.1, -0.05) is 30.3 Å². The minimum Gasteiger partial charge on any atom is -0.463 e. The first-order chi connectivity index (χ1) is 12.4. The molecule has 1 aliphatic rings. The van der Waals surface area contributed by atoms with Crippen molar-refractivity contribution in [1.82, 2.24) is 5.32 Å². The normalized spacial score (nSPS) is 16.8. The van der Waals surface area contributed by atoms with E-state index in [9.17, 15) is 14.4 Å². The Balaban J connectivity index is 2.72. The summed E-state index contributed by atoms with van der Waals surface area (Å²) in [5.74, 6) is -2.21. The number of rotatable bonds is 6. The van der Waals surface area contributed by atoms with Crippen LogP contribution in [0.2, 0.25) is 0 Å². The number of hydrogen-bond acceptors (Lipinski definition) is 6. The minimum atomic E-state index is -0.741. The predicted molar refractivity (Wildman–Crippen MR) is 96.0 cm³/mol. The van der Waals surface area contributed by atoms with Crippen molar-refractivity contribution in [3.63, 3.8) is 0 Å². The molecule has 6 heteroatoms. The Hall–Kier alpha value is -2.89. The zero-order chi connectivity index (χ0) is 19.3. The van der Waals surface area contributed by atoms with Gasteiger partial charge in [-0.05, 0) is 26.3 Å². The smallest absolute Gasteiger partial charge is 0.337 e. The van der Waals surface area contributed by atoms with Crippen LogP contribution in [0.15, 0.2) is 52.9 Å². The molecule has 0 spiro atoms. The third kappa shape index (κ3) is 3.85. The van der Waals surface area contributed by atoms with Gasteiger partial charge in [0, 0.05) is 12.6 Å². The molecular weight excluding hydrogens is 334 g/mol. The van der Waals surface area contributed by atoms with E-state index < -0.39 is 17.9 Å². The number of hydrogen-bond donors (Lipinski definition) is 1. The summed E-state index contributed by atoms with van der Waals surface area (Å²) in [6.07, 6.45) is 0. The van der Waals surface area contributed by atoms with Crippen LogP contribution in [0.5, 0.6) is 0 Å². The quantitative estimate of drug-likeness (QED) is 0.788. The summed E-state index contributed by atoms with van der Waals surface area (Å²) in [6.45, 7) is 6.82. The van der Waals surface area contributed by atoms with Gasteiger partial charge in [0.25, 0.3) is 0 Å². The van der Waals surface area contributed by atoms with Crippen LogP contribution in [-0.4, -0.2) is 30.9 Å². The third-order valence-corrected chi connectivity index (χ3v) is 4.04. The van der Waals surface area contributed by atoms with E-state index in [1.54, 1.807) is 32.9 Å². The number of ketones is 1. The Morgan fingerprint density at radius 3 is 2.00 bits per heavy atom. The van der Waals surface area contributed by atoms with E-state index in [-0.39, 0.29) is 30.3 Å². The Kier molecular flexibility index (Phi) is 6.33. The van der Waals surface area contributed by atoms with Crippen LogP contribution in [0.1, 0.15) is 39.2 Å². The molecule has 1 atom stereocenters. The second kappa shape index (κ2) is 8.47. The van der Waals surface area contributed by atoms with Crippen molar-refractivity contribution in [1.29, 1.82) is 0 Å². The van der Waals surface area contributed by atoms with Gasteiger partial charge in [0.1, 0.15) is 0 Å². The van der Waals surface area contributed by atoms with E-state index in [4.69, 9.17) is 9.47 Å². The highest BCUT2D eigenvalue weighted by Gasteiger charge is 2.39. The van der Waals surface area contributed by atoms with Crippen LogP contribution in [-0.2, 0) is 23.9 Å². The van der Waals surface area contributed by atoms with Crippen LogP contribution < -0.4 is 5.32 Å². The fraction of sp³-hybridized carbons (Fsp3) is 0.350. The number of carbonyl (C=O) groups excluding carboxylic acids is 3. The van der Waals surface area contributed by atoms with E-state index in [2.05, 4.69) is 5.32 Å². The van der Waals surface area contributed by atoms with Crippen molar-refractivity contribution >= 4 is 17.7 Å². The van der Waals surface area contributed by atoms with Gasteiger partial charge in [0.2, 0.25) is 0 Å². The third-order valence-electron chi connectivity index (χ3n) is 4.04. The zero-order valence-corrected chi connectivity index (χ0v) is 15.4. The van der Waals surface area contributed by atoms with E-state index in [0.717, 1.165) is 0 Å². The lowest BCUT2D eigenvalue weighted by atomic mass is 9.79. The SMILES string of the molecule is CCOC(=O)C1=C(C)NC(C(C)=O)=C(C(=O)OCC)C1c1ccccc1. The van der Waals surface area contributed by atoms with Gasteiger partial charge in [0.05, 0.1) is 36.0 Å². The summed E-state index contributed by atoms with van der Waals surface area (Å²) in [4.78, 5) is 37.5. The molecule has 1 aliphatic heterocycles. The summed E-state index contributed by atoms with van der Waals surface area (Å²) < 4.78 is 10.4. The molecule has 0 saturated heterocycles. The fourth-order valence-electron chi connectivity index (χ4n) is 2.99. The van der Waals surface area contributed by atoms with E-state index in [0.29, 0.717) is 16.8 Å². The van der Waals surface area contributed by atoms with Gasteiger partial charge in [-0.25, -0.2) is 9.59 Å². The molecule has 0 bridgehead atoms. The van der Waals surface area contributed by atoms with Crippen LogP contribution >= 0.6 is 0 Å². The maximum Gasteiger partial charge on any atom is 0.337 e. The Labute approximate surface area is 152 Å². The van der Waals surface area contributed by atoms with E-state index >= 15 is 0 Å². The van der Waals surface area contributed by atoms with Crippen molar-refractivity contribution < 1.29 is 23.9 Å². The highest BCUT2D eigenvalue weighted by molar-refractivity contribution is 6.07. The average molecular weight is 357 g/mol. The molecular formula is C20H23NO5.